The third kappa shape index (κ3) is 3.46. The molecule has 5 rings (SSSR count). The van der Waals surface area contributed by atoms with E-state index in [-0.39, 0.29) is 29.6 Å². The SMILES string of the molecule is COc1ccc2c(C3C(C#N)=C(N)OC4=C3C(=O)CC(c3ccccc3)C4)cc(=O)oc2c1. The van der Waals surface area contributed by atoms with Crippen LogP contribution in [0.15, 0.2) is 86.6 Å². The van der Waals surface area contributed by atoms with E-state index in [9.17, 15) is 14.9 Å². The molecule has 0 spiro atoms. The van der Waals surface area contributed by atoms with Crippen LogP contribution in [0.5, 0.6) is 5.75 Å². The maximum atomic E-state index is 13.5. The highest BCUT2D eigenvalue weighted by atomic mass is 16.5. The minimum absolute atomic E-state index is 0.0577. The van der Waals surface area contributed by atoms with E-state index in [4.69, 9.17) is 19.6 Å². The van der Waals surface area contributed by atoms with Crippen LogP contribution in [0.3, 0.4) is 0 Å². The van der Waals surface area contributed by atoms with E-state index < -0.39 is 11.5 Å². The second-order valence-corrected chi connectivity index (χ2v) is 8.08. The van der Waals surface area contributed by atoms with Crippen molar-refractivity contribution in [1.29, 1.82) is 5.26 Å². The molecule has 0 saturated heterocycles. The summed E-state index contributed by atoms with van der Waals surface area (Å²) in [6.07, 6.45) is 0.739. The van der Waals surface area contributed by atoms with Gasteiger partial charge < -0.3 is 19.6 Å². The van der Waals surface area contributed by atoms with Gasteiger partial charge in [-0.3, -0.25) is 4.79 Å². The first-order valence-electron chi connectivity index (χ1n) is 10.5. The van der Waals surface area contributed by atoms with Crippen LogP contribution < -0.4 is 16.1 Å². The molecule has 0 saturated carbocycles. The molecule has 3 aromatic rings. The number of methoxy groups -OCH3 is 1. The Morgan fingerprint density at radius 1 is 1.09 bits per heavy atom. The summed E-state index contributed by atoms with van der Waals surface area (Å²) in [7, 11) is 1.51. The Hall–Kier alpha value is -4.31. The molecule has 2 unspecified atom stereocenters. The van der Waals surface area contributed by atoms with Gasteiger partial charge in [0.15, 0.2) is 5.78 Å². The zero-order valence-electron chi connectivity index (χ0n) is 17.8. The number of ether oxygens (including phenoxy) is 2. The Morgan fingerprint density at radius 2 is 1.88 bits per heavy atom. The maximum absolute atomic E-state index is 13.5. The molecule has 0 radical (unpaired) electrons. The Kier molecular flexibility index (Phi) is 4.98. The highest BCUT2D eigenvalue weighted by molar-refractivity contribution is 6.01. The van der Waals surface area contributed by atoms with E-state index in [2.05, 4.69) is 6.07 Å². The number of allylic oxidation sites excluding steroid dienone is 3. The molecule has 33 heavy (non-hydrogen) atoms. The molecule has 0 bridgehead atoms. The van der Waals surface area contributed by atoms with Gasteiger partial charge in [-0.25, -0.2) is 4.79 Å². The Morgan fingerprint density at radius 3 is 2.61 bits per heavy atom. The minimum atomic E-state index is -0.817. The van der Waals surface area contributed by atoms with Gasteiger partial charge in [0.1, 0.15) is 28.7 Å². The summed E-state index contributed by atoms with van der Waals surface area (Å²) in [6, 6.07) is 18.2. The second-order valence-electron chi connectivity index (χ2n) is 8.08. The van der Waals surface area contributed by atoms with E-state index in [0.29, 0.717) is 40.0 Å². The van der Waals surface area contributed by atoms with Crippen LogP contribution in [0.1, 0.15) is 35.8 Å². The maximum Gasteiger partial charge on any atom is 0.336 e. The van der Waals surface area contributed by atoms with Crippen molar-refractivity contribution < 1.29 is 18.7 Å². The fourth-order valence-electron chi connectivity index (χ4n) is 4.71. The van der Waals surface area contributed by atoms with Crippen molar-refractivity contribution in [2.75, 3.05) is 7.11 Å². The summed E-state index contributed by atoms with van der Waals surface area (Å²) in [5.74, 6) is -0.108. The van der Waals surface area contributed by atoms with E-state index >= 15 is 0 Å². The van der Waals surface area contributed by atoms with Crippen molar-refractivity contribution >= 4 is 16.8 Å². The lowest BCUT2D eigenvalue weighted by molar-refractivity contribution is -0.117. The van der Waals surface area contributed by atoms with Gasteiger partial charge in [-0.2, -0.15) is 5.26 Å². The zero-order valence-corrected chi connectivity index (χ0v) is 17.8. The molecule has 0 fully saturated rings. The number of nitrogens with two attached hydrogens (primary N) is 1. The van der Waals surface area contributed by atoms with E-state index in [1.54, 1.807) is 18.2 Å². The molecule has 7 nitrogen and oxygen atoms in total. The molecule has 2 aliphatic rings. The summed E-state index contributed by atoms with van der Waals surface area (Å²) in [4.78, 5) is 25.9. The predicted molar refractivity (Wildman–Crippen MR) is 120 cm³/mol. The lowest BCUT2D eigenvalue weighted by atomic mass is 9.73. The van der Waals surface area contributed by atoms with Gasteiger partial charge in [0.05, 0.1) is 13.0 Å². The van der Waals surface area contributed by atoms with Gasteiger partial charge in [0, 0.05) is 35.9 Å². The number of rotatable bonds is 3. The Bertz CT molecular complexity index is 1440. The Balaban J connectivity index is 1.70. The quantitative estimate of drug-likeness (QED) is 0.612. The first kappa shape index (κ1) is 20.6. The molecule has 1 aromatic heterocycles. The summed E-state index contributed by atoms with van der Waals surface area (Å²) in [5.41, 5.74) is 7.83. The van der Waals surface area contributed by atoms with Crippen LogP contribution in [-0.2, 0) is 9.53 Å². The van der Waals surface area contributed by atoms with Gasteiger partial charge in [-0.1, -0.05) is 30.3 Å². The summed E-state index contributed by atoms with van der Waals surface area (Å²) in [5, 5.41) is 10.5. The largest absolute Gasteiger partial charge is 0.497 e. The average Bonchev–Trinajstić information content (AvgIpc) is 2.82. The number of hydrogen-bond donors (Lipinski definition) is 1. The number of carbonyl (C=O) groups is 1. The number of hydrogen-bond acceptors (Lipinski definition) is 7. The number of fused-ring (bicyclic) bond motifs is 1. The third-order valence-electron chi connectivity index (χ3n) is 6.23. The molecular weight excluding hydrogens is 420 g/mol. The highest BCUT2D eigenvalue weighted by Crippen LogP contribution is 2.47. The van der Waals surface area contributed by atoms with E-state index in [0.717, 1.165) is 5.56 Å². The van der Waals surface area contributed by atoms with E-state index in [1.165, 1.54) is 13.2 Å². The molecule has 2 atom stereocenters. The predicted octanol–water partition coefficient (Wildman–Crippen LogP) is 4.01. The van der Waals surface area contributed by atoms with Crippen LogP contribution in [-0.4, -0.2) is 12.9 Å². The molecule has 2 N–H and O–H groups in total. The van der Waals surface area contributed by atoms with Crippen molar-refractivity contribution in [2.24, 2.45) is 5.73 Å². The third-order valence-corrected chi connectivity index (χ3v) is 6.23. The number of nitrogens with zero attached hydrogens (tertiary/aromatic N) is 1. The fraction of sp³-hybridized carbons (Fsp3) is 0.192. The van der Waals surface area contributed by atoms with Crippen molar-refractivity contribution in [2.45, 2.75) is 24.7 Å². The molecule has 1 aliphatic heterocycles. The fourth-order valence-corrected chi connectivity index (χ4v) is 4.71. The summed E-state index contributed by atoms with van der Waals surface area (Å²) < 4.78 is 16.4. The summed E-state index contributed by atoms with van der Waals surface area (Å²) >= 11 is 0. The zero-order chi connectivity index (χ0) is 23.1. The van der Waals surface area contributed by atoms with Crippen LogP contribution in [0.2, 0.25) is 0 Å². The smallest absolute Gasteiger partial charge is 0.336 e. The van der Waals surface area contributed by atoms with Crippen LogP contribution in [0.4, 0.5) is 0 Å². The van der Waals surface area contributed by atoms with Crippen molar-refractivity contribution in [3.8, 4) is 11.8 Å². The lowest BCUT2D eigenvalue weighted by Gasteiger charge is -2.34. The van der Waals surface area contributed by atoms with Crippen LogP contribution in [0, 0.1) is 11.3 Å². The molecular formula is C26H20N2O5. The van der Waals surface area contributed by atoms with Crippen molar-refractivity contribution in [3.63, 3.8) is 0 Å². The first-order chi connectivity index (χ1) is 16.0. The molecule has 2 aromatic carbocycles. The number of carbonyl (C=O) groups excluding carboxylic acids is 1. The second kappa shape index (κ2) is 7.99. The van der Waals surface area contributed by atoms with Gasteiger partial charge >= 0.3 is 5.63 Å². The lowest BCUT2D eigenvalue weighted by Crippen LogP contribution is -2.30. The molecule has 2 heterocycles. The minimum Gasteiger partial charge on any atom is -0.497 e. The van der Waals surface area contributed by atoms with Gasteiger partial charge in [-0.05, 0) is 29.2 Å². The normalized spacial score (nSPS) is 20.3. The number of nitriles is 1. The molecule has 7 heteroatoms. The molecule has 0 amide bonds. The molecule has 164 valence electrons. The first-order valence-corrected chi connectivity index (χ1v) is 10.5. The average molecular weight is 440 g/mol. The molecule has 1 aliphatic carbocycles. The van der Waals surface area contributed by atoms with Crippen LogP contribution >= 0.6 is 0 Å². The van der Waals surface area contributed by atoms with Crippen LogP contribution in [0.25, 0.3) is 11.0 Å². The summed E-state index contributed by atoms with van der Waals surface area (Å²) in [6.45, 7) is 0. The van der Waals surface area contributed by atoms with Crippen molar-refractivity contribution in [1.82, 2.24) is 0 Å². The van der Waals surface area contributed by atoms with Gasteiger partial charge in [-0.15, -0.1) is 0 Å². The topological polar surface area (TPSA) is 116 Å². The number of ketones is 1. The number of benzene rings is 2. The Labute approximate surface area is 189 Å². The monoisotopic (exact) mass is 440 g/mol. The van der Waals surface area contributed by atoms with Gasteiger partial charge in [0.2, 0.25) is 5.88 Å². The van der Waals surface area contributed by atoms with Crippen molar-refractivity contribution in [3.05, 3.63) is 98.9 Å². The highest BCUT2D eigenvalue weighted by Gasteiger charge is 2.41. The number of Topliss-reactive ketones (excluding diaryl/α,β-unsaturated/α-hetero) is 1. The van der Waals surface area contributed by atoms with Gasteiger partial charge in [0.25, 0.3) is 0 Å². The van der Waals surface area contributed by atoms with E-state index in [1.807, 2.05) is 30.3 Å². The standard InChI is InChI=1S/C26H20N2O5/c1-31-16-7-8-17-18(12-23(30)32-21(17)11-16)24-19(13-27)26(28)33-22-10-15(9-20(29)25(22)24)14-5-3-2-4-6-14/h2-8,11-12,15,24H,9-10,28H2,1H3.